The molecule has 555 valence electrons. The molecular weight excluding hydrogens is 1570 g/mol. The van der Waals surface area contributed by atoms with Crippen LogP contribution in [0.1, 0.15) is 177 Å². The van der Waals surface area contributed by atoms with Gasteiger partial charge in [-0.05, 0) is 51.0 Å². The van der Waals surface area contributed by atoms with Gasteiger partial charge in [-0.1, -0.05) is 88.5 Å². The molecule has 0 spiro atoms. The Morgan fingerprint density at radius 3 is 1.21 bits per heavy atom. The molecule has 4 bridgehead atoms. The smallest absolute Gasteiger partial charge is 0.349 e. The van der Waals surface area contributed by atoms with Gasteiger partial charge >= 0.3 is 5.69 Å². The van der Waals surface area contributed by atoms with Crippen molar-refractivity contribution in [1.29, 1.82) is 0 Å². The molecule has 104 heavy (non-hydrogen) atoms. The van der Waals surface area contributed by atoms with E-state index in [2.05, 4.69) is 153 Å². The van der Waals surface area contributed by atoms with Crippen molar-refractivity contribution in [3.05, 3.63) is 101 Å². The molecule has 7 aliphatic heterocycles. The third-order valence-electron chi connectivity index (χ3n) is 21.3. The number of aromatic nitrogens is 18. The van der Waals surface area contributed by atoms with Crippen molar-refractivity contribution in [3.8, 4) is 0 Å². The summed E-state index contributed by atoms with van der Waals surface area (Å²) < 4.78 is 51.9. The van der Waals surface area contributed by atoms with Gasteiger partial charge in [-0.2, -0.15) is 15.0 Å². The maximum absolute atomic E-state index is 12.0. The minimum absolute atomic E-state index is 0. The largest absolute Gasteiger partial charge is 0.389 e. The molecule has 3 radical (unpaired) electrons. The van der Waals surface area contributed by atoms with Crippen molar-refractivity contribution in [3.63, 3.8) is 0 Å². The Hall–Kier alpha value is -5.29. The fourth-order valence-electron chi connectivity index (χ4n) is 15.9. The Balaban J connectivity index is 0.000000150. The van der Waals surface area contributed by atoms with E-state index in [4.69, 9.17) is 61.8 Å². The van der Waals surface area contributed by atoms with E-state index in [1.54, 1.807) is 46.7 Å². The molecule has 7 aliphatic rings. The summed E-state index contributed by atoms with van der Waals surface area (Å²) in [6.07, 6.45) is 28.9. The SMILES string of the molecule is CCC1[C@@H]2OCC[C@]1(CC)O[C@H]2n1cnc2c(=O)[nH]c(N)nc21.CCC1[C@@H]2OCC[C@]1(CC)O[C@H]2n1cnc2c(N)ncnc21.CCC1[CH-][C@H](n2ccc(N)nc2=O)O[C@@H]1CC.CCC1[CH-][C@H](n2cnc3c(=O)[nH]c(N)nc32)O[C@@H]1CC.CCC1[CH-][C@H](n2cnc3c(N)ncnc32)O[C@@H]1CC.[Y].[Y].[Y]. The molecule has 0 saturated carbocycles. The number of anilines is 5. The van der Waals surface area contributed by atoms with Gasteiger partial charge in [0.1, 0.15) is 41.7 Å². The van der Waals surface area contributed by atoms with Crippen LogP contribution in [-0.2, 0) is 131 Å². The van der Waals surface area contributed by atoms with Gasteiger partial charge in [-0.25, -0.2) is 44.7 Å². The number of ether oxygens (including phenoxy) is 7. The van der Waals surface area contributed by atoms with Gasteiger partial charge in [0, 0.05) is 179 Å². The third-order valence-corrected chi connectivity index (χ3v) is 21.3. The topological polar surface area (TPSA) is 444 Å². The van der Waals surface area contributed by atoms with E-state index in [9.17, 15) is 14.4 Å². The monoisotopic (exact) mass is 1660 g/mol. The Morgan fingerprint density at radius 1 is 0.462 bits per heavy atom. The zero-order valence-electron chi connectivity index (χ0n) is 60.8. The number of nitrogens with two attached hydrogens (primary N) is 5. The van der Waals surface area contributed by atoms with E-state index in [1.807, 2.05) is 9.13 Å². The standard InChI is InChI=1S/C15H21N5O3.C15H21N5O2.C13H18N5O2.C13H18N5O.C12H18N3O2.3Y/c1-3-8-10-13(23-15(8,4-2)5-6-22-10)20-7-17-9-11(20)18-14(16)19-12(9)21;1-3-9-11-14(22-15(9,4-2)5-6-21-11)20-8-19-10-12(16)17-7-18-13(10)20;1-3-7-5-9(20-8(7)4-2)18-6-15-10-11(18)16-13(14)17-12(10)19;1-3-8-5-10(19-9(8)4-2)18-7-17-11-12(14)15-6-16-13(11)18;1-3-8-7-11(17-9(8)4-2)15-6-5-10(13)14-12(15)16;;;/h7-8,10,13H,3-6H2,1-2H3,(H3,16,18,19,21);7-9,11,14H,3-6H2,1-2H3,(H2,16,17,18);5-9H,3-4H2,1-2H3,(H3,14,16,17,19);5-10H,3-4H2,1-2H3,(H2,14,15,16);5-9,11H,3-4H2,1-2H3,(H2,13,14,16);;;/q;;3*-1;;;/t8?,10-,13+,15-;9?,11-,14+,15-;7?,8-,9-;8?,9-,10-;8?,9-,11-;;;/m00111.../s1. The van der Waals surface area contributed by atoms with E-state index in [-0.39, 0.29) is 217 Å². The molecule has 7 fully saturated rings. The molecular formula is C68H96N23O10Y3-3. The van der Waals surface area contributed by atoms with Crippen LogP contribution in [0.25, 0.3) is 44.7 Å². The Bertz CT molecular complexity index is 4480. The van der Waals surface area contributed by atoms with Crippen molar-refractivity contribution in [2.75, 3.05) is 41.9 Å². The number of nitrogens with one attached hydrogen (secondary N) is 2. The normalized spacial score (nSPS) is 29.3. The van der Waals surface area contributed by atoms with Crippen molar-refractivity contribution >= 4 is 74.0 Å². The van der Waals surface area contributed by atoms with Crippen LogP contribution in [-0.4, -0.2) is 143 Å². The fraction of sp³-hybridized carbons (Fsp3) is 0.603. The van der Waals surface area contributed by atoms with Gasteiger partial charge in [0.05, 0.1) is 36.5 Å². The summed E-state index contributed by atoms with van der Waals surface area (Å²) in [4.78, 5) is 85.9. The number of rotatable bonds is 15. The molecule has 9 aromatic rings. The quantitative estimate of drug-likeness (QED) is 0.0485. The van der Waals surface area contributed by atoms with Gasteiger partial charge in [-0.3, -0.25) is 48.0 Å². The van der Waals surface area contributed by atoms with Crippen molar-refractivity contribution in [2.24, 2.45) is 29.6 Å². The molecule has 0 aromatic carbocycles. The van der Waals surface area contributed by atoms with Crippen LogP contribution in [0.15, 0.2) is 64.6 Å². The number of imidazole rings is 4. The van der Waals surface area contributed by atoms with E-state index < -0.39 is 0 Å². The third kappa shape index (κ3) is 16.2. The molecule has 0 aliphatic carbocycles. The predicted octanol–water partition coefficient (Wildman–Crippen LogP) is 7.64. The second-order valence-electron chi connectivity index (χ2n) is 26.5. The second-order valence-corrected chi connectivity index (χ2v) is 26.5. The predicted molar refractivity (Wildman–Crippen MR) is 377 cm³/mol. The van der Waals surface area contributed by atoms with Crippen LogP contribution < -0.4 is 45.5 Å². The summed E-state index contributed by atoms with van der Waals surface area (Å²) in [5.41, 5.74) is 31.2. The van der Waals surface area contributed by atoms with Crippen molar-refractivity contribution in [2.45, 2.75) is 219 Å². The summed E-state index contributed by atoms with van der Waals surface area (Å²) in [6, 6.07) is 1.61. The second kappa shape index (κ2) is 35.8. The number of nitrogen functional groups attached to an aromatic ring is 5. The molecule has 9 aromatic heterocycles. The average molecular weight is 1660 g/mol. The zero-order chi connectivity index (χ0) is 71.6. The summed E-state index contributed by atoms with van der Waals surface area (Å²) in [5.74, 6) is 3.19. The van der Waals surface area contributed by atoms with Gasteiger partial charge in [0.2, 0.25) is 11.9 Å². The molecule has 12 N–H and O–H groups in total. The Morgan fingerprint density at radius 2 is 0.837 bits per heavy atom. The van der Waals surface area contributed by atoms with E-state index in [0.29, 0.717) is 75.8 Å². The molecule has 17 atom stereocenters. The molecule has 0 amide bonds. The van der Waals surface area contributed by atoms with Crippen LogP contribution in [0.2, 0.25) is 0 Å². The maximum Gasteiger partial charge on any atom is 0.349 e. The molecule has 36 heteroatoms. The van der Waals surface area contributed by atoms with Crippen LogP contribution >= 0.6 is 0 Å². The van der Waals surface area contributed by atoms with Gasteiger partial charge in [0.15, 0.2) is 57.7 Å². The average Bonchev–Trinajstić information content (AvgIpc) is 1.59. The molecule has 7 saturated heterocycles. The van der Waals surface area contributed by atoms with E-state index >= 15 is 0 Å². The van der Waals surface area contributed by atoms with Crippen LogP contribution in [0.5, 0.6) is 0 Å². The first-order chi connectivity index (χ1) is 48.8. The van der Waals surface area contributed by atoms with E-state index in [1.165, 1.54) is 17.2 Å². The number of hydrogen-bond donors (Lipinski definition) is 7. The molecule has 33 nitrogen and oxygen atoms in total. The van der Waals surface area contributed by atoms with Gasteiger partial charge in [0.25, 0.3) is 11.1 Å². The first kappa shape index (κ1) is 82.8. The first-order valence-corrected chi connectivity index (χ1v) is 35.6. The minimum Gasteiger partial charge on any atom is -0.389 e. The zero-order valence-corrected chi connectivity index (χ0v) is 69.3. The number of hydrogen-bond acceptors (Lipinski definition) is 26. The Kier molecular flexibility index (Phi) is 28.5. The number of nitrogens with zero attached hydrogens (tertiary/aromatic N) is 16. The molecule has 5 unspecified atom stereocenters. The number of fused-ring (bicyclic) bond motifs is 8. The van der Waals surface area contributed by atoms with Crippen LogP contribution in [0, 0.1) is 48.9 Å². The summed E-state index contributed by atoms with van der Waals surface area (Å²) in [7, 11) is 0. The van der Waals surface area contributed by atoms with Crippen LogP contribution in [0.3, 0.4) is 0 Å². The molecule has 16 rings (SSSR count). The molecule has 16 heterocycles. The minimum atomic E-state index is -0.363. The first-order valence-electron chi connectivity index (χ1n) is 35.6. The summed E-state index contributed by atoms with van der Waals surface area (Å²) in [6.45, 7) is 22.9. The fourth-order valence-corrected chi connectivity index (χ4v) is 15.9. The Labute approximate surface area is 678 Å². The number of H-pyrrole nitrogens is 2. The summed E-state index contributed by atoms with van der Waals surface area (Å²) >= 11 is 0. The van der Waals surface area contributed by atoms with Gasteiger partial charge < -0.3 is 75.5 Å². The number of aromatic amines is 2. The van der Waals surface area contributed by atoms with Gasteiger partial charge in [-0.15, -0.1) is 17.8 Å². The van der Waals surface area contributed by atoms with Crippen molar-refractivity contribution in [1.82, 2.24) is 87.6 Å². The summed E-state index contributed by atoms with van der Waals surface area (Å²) in [5, 5.41) is 0. The van der Waals surface area contributed by atoms with Crippen LogP contribution in [0.4, 0.5) is 29.4 Å². The van der Waals surface area contributed by atoms with E-state index in [0.717, 1.165) is 89.3 Å². The maximum atomic E-state index is 12.0. The van der Waals surface area contributed by atoms with Crippen molar-refractivity contribution < 1.29 is 131 Å².